The summed E-state index contributed by atoms with van der Waals surface area (Å²) in [5.41, 5.74) is 5.46. The molecule has 6 rings (SSSR count). The van der Waals surface area contributed by atoms with Crippen LogP contribution in [0, 0.1) is 23.2 Å². The molecule has 0 radical (unpaired) electrons. The van der Waals surface area contributed by atoms with Gasteiger partial charge >= 0.3 is 0 Å². The van der Waals surface area contributed by atoms with E-state index in [2.05, 4.69) is 64.0 Å². The van der Waals surface area contributed by atoms with E-state index in [-0.39, 0.29) is 23.3 Å². The predicted molar refractivity (Wildman–Crippen MR) is 142 cm³/mol. The van der Waals surface area contributed by atoms with Crippen molar-refractivity contribution in [2.24, 2.45) is 11.8 Å². The van der Waals surface area contributed by atoms with E-state index in [1.807, 2.05) is 22.7 Å². The Balaban J connectivity index is 1.17. The fourth-order valence-electron chi connectivity index (χ4n) is 6.16. The third-order valence-corrected chi connectivity index (χ3v) is 8.57. The van der Waals surface area contributed by atoms with E-state index in [1.165, 1.54) is 5.56 Å². The van der Waals surface area contributed by atoms with Gasteiger partial charge in [0.1, 0.15) is 5.60 Å². The molecule has 192 valence electrons. The molecule has 2 saturated heterocycles. The number of methoxy groups -OCH3 is 1. The van der Waals surface area contributed by atoms with Crippen molar-refractivity contribution >= 4 is 17.1 Å². The lowest BCUT2D eigenvalue weighted by Crippen LogP contribution is -2.52. The van der Waals surface area contributed by atoms with Crippen LogP contribution in [0.15, 0.2) is 48.8 Å². The number of aromatic nitrogens is 2. The number of amides is 1. The predicted octanol–water partition coefficient (Wildman–Crippen LogP) is 3.42. The SMILES string of the molecule is CO[C@@]1(c2ccc(-c3cc4c(N5CCN(C(=O)C6CC(C#N)C6)CC5)ccnn4c3)cc2)CCCNC1. The Labute approximate surface area is 217 Å². The van der Waals surface area contributed by atoms with Gasteiger partial charge in [0.05, 0.1) is 17.3 Å². The van der Waals surface area contributed by atoms with Crippen LogP contribution in [0.25, 0.3) is 16.6 Å². The molecular formula is C29H34N6O2. The summed E-state index contributed by atoms with van der Waals surface area (Å²) in [6.07, 6.45) is 7.51. The minimum atomic E-state index is -0.253. The van der Waals surface area contributed by atoms with Crippen molar-refractivity contribution in [2.75, 3.05) is 51.3 Å². The molecule has 0 spiro atoms. The van der Waals surface area contributed by atoms with Gasteiger partial charge < -0.3 is 19.9 Å². The molecule has 1 saturated carbocycles. The third kappa shape index (κ3) is 4.36. The zero-order chi connectivity index (χ0) is 25.4. The van der Waals surface area contributed by atoms with Gasteiger partial charge in [0.2, 0.25) is 5.91 Å². The van der Waals surface area contributed by atoms with E-state index in [0.717, 1.165) is 74.2 Å². The number of anilines is 1. The lowest BCUT2D eigenvalue weighted by Gasteiger charge is -2.40. The van der Waals surface area contributed by atoms with E-state index >= 15 is 0 Å². The van der Waals surface area contributed by atoms with E-state index in [0.29, 0.717) is 13.1 Å². The second-order valence-corrected chi connectivity index (χ2v) is 10.6. The van der Waals surface area contributed by atoms with Gasteiger partial charge in [0, 0.05) is 69.6 Å². The van der Waals surface area contributed by atoms with Crippen LogP contribution in [0.4, 0.5) is 5.69 Å². The quantitative estimate of drug-likeness (QED) is 0.580. The zero-order valence-corrected chi connectivity index (χ0v) is 21.4. The molecule has 3 aromatic rings. The van der Waals surface area contributed by atoms with Gasteiger partial charge in [0.25, 0.3) is 0 Å². The lowest BCUT2D eigenvalue weighted by molar-refractivity contribution is -0.139. The van der Waals surface area contributed by atoms with E-state index < -0.39 is 0 Å². The van der Waals surface area contributed by atoms with Gasteiger partial charge in [-0.3, -0.25) is 4.79 Å². The van der Waals surface area contributed by atoms with E-state index in [1.54, 1.807) is 0 Å². The second kappa shape index (κ2) is 9.81. The average molecular weight is 499 g/mol. The maximum absolute atomic E-state index is 12.8. The number of hydrogen-bond acceptors (Lipinski definition) is 6. The fourth-order valence-corrected chi connectivity index (χ4v) is 6.16. The standard InChI is InChI=1S/C29H34N6O2/c1-37-29(8-2-9-31-20-29)25-5-3-22(4-6-25)24-17-27-26(7-10-32-35(27)19-24)33-11-13-34(14-12-33)28(36)23-15-21(16-23)18-30/h3-7,10,17,19,21,23,31H,2,8-9,11-16,20H2,1H3/t21?,23?,29-/m0/s1. The minimum absolute atomic E-state index is 0.0385. The maximum atomic E-state index is 12.8. The van der Waals surface area contributed by atoms with Crippen molar-refractivity contribution in [3.63, 3.8) is 0 Å². The molecule has 37 heavy (non-hydrogen) atoms. The largest absolute Gasteiger partial charge is 0.372 e. The number of nitriles is 1. The summed E-state index contributed by atoms with van der Waals surface area (Å²) >= 11 is 0. The van der Waals surface area contributed by atoms with Crippen molar-refractivity contribution in [3.8, 4) is 17.2 Å². The van der Waals surface area contributed by atoms with Crippen molar-refractivity contribution in [1.29, 1.82) is 5.26 Å². The third-order valence-electron chi connectivity index (χ3n) is 8.57. The number of carbonyl (C=O) groups excluding carboxylic acids is 1. The highest BCUT2D eigenvalue weighted by Crippen LogP contribution is 2.36. The van der Waals surface area contributed by atoms with Gasteiger partial charge in [-0.1, -0.05) is 24.3 Å². The summed E-state index contributed by atoms with van der Waals surface area (Å²) in [6, 6.07) is 15.3. The van der Waals surface area contributed by atoms with Crippen LogP contribution < -0.4 is 10.2 Å². The van der Waals surface area contributed by atoms with Gasteiger partial charge in [-0.25, -0.2) is 4.52 Å². The number of piperazine rings is 1. The van der Waals surface area contributed by atoms with Crippen LogP contribution in [0.5, 0.6) is 0 Å². The first-order valence-corrected chi connectivity index (χ1v) is 13.4. The Morgan fingerprint density at radius 3 is 2.59 bits per heavy atom. The first-order valence-electron chi connectivity index (χ1n) is 13.4. The highest BCUT2D eigenvalue weighted by molar-refractivity contribution is 5.82. The Hall–Kier alpha value is -3.41. The molecule has 1 atom stereocenters. The summed E-state index contributed by atoms with van der Waals surface area (Å²) < 4.78 is 7.93. The highest BCUT2D eigenvalue weighted by Gasteiger charge is 2.38. The van der Waals surface area contributed by atoms with E-state index in [9.17, 15) is 4.79 Å². The minimum Gasteiger partial charge on any atom is -0.372 e. The lowest BCUT2D eigenvalue weighted by atomic mass is 9.75. The molecule has 1 aromatic carbocycles. The van der Waals surface area contributed by atoms with Crippen molar-refractivity contribution < 1.29 is 9.53 Å². The van der Waals surface area contributed by atoms with Gasteiger partial charge in [-0.15, -0.1) is 0 Å². The van der Waals surface area contributed by atoms with Crippen LogP contribution >= 0.6 is 0 Å². The molecule has 8 nitrogen and oxygen atoms in total. The Bertz CT molecular complexity index is 1310. The van der Waals surface area contributed by atoms with Crippen molar-refractivity contribution in [2.45, 2.75) is 31.3 Å². The van der Waals surface area contributed by atoms with Crippen molar-refractivity contribution in [1.82, 2.24) is 19.8 Å². The number of rotatable bonds is 5. The van der Waals surface area contributed by atoms with Crippen LogP contribution in [0.2, 0.25) is 0 Å². The van der Waals surface area contributed by atoms with Crippen LogP contribution in [-0.2, 0) is 15.1 Å². The molecule has 2 aromatic heterocycles. The molecule has 8 heteroatoms. The summed E-state index contributed by atoms with van der Waals surface area (Å²) in [7, 11) is 1.81. The number of ether oxygens (including phenoxy) is 1. The first-order chi connectivity index (χ1) is 18.1. The van der Waals surface area contributed by atoms with Gasteiger partial charge in [-0.05, 0) is 55.5 Å². The number of carbonyl (C=O) groups is 1. The first kappa shape index (κ1) is 24.0. The number of nitrogens with zero attached hydrogens (tertiary/aromatic N) is 5. The number of piperidine rings is 1. The molecule has 3 aliphatic rings. The molecular weight excluding hydrogens is 464 g/mol. The summed E-state index contributed by atoms with van der Waals surface area (Å²) in [5, 5.41) is 17.1. The normalized spacial score (nSPS) is 26.1. The van der Waals surface area contributed by atoms with Crippen LogP contribution in [-0.4, -0.2) is 66.8 Å². The fraction of sp³-hybridized carbons (Fsp3) is 0.483. The van der Waals surface area contributed by atoms with E-state index in [4.69, 9.17) is 10.00 Å². The second-order valence-electron chi connectivity index (χ2n) is 10.6. The van der Waals surface area contributed by atoms with Crippen LogP contribution in [0.3, 0.4) is 0 Å². The van der Waals surface area contributed by atoms with Crippen LogP contribution in [0.1, 0.15) is 31.2 Å². The zero-order valence-electron chi connectivity index (χ0n) is 21.4. The smallest absolute Gasteiger partial charge is 0.225 e. The maximum Gasteiger partial charge on any atom is 0.225 e. The van der Waals surface area contributed by atoms with Gasteiger partial charge in [0.15, 0.2) is 0 Å². The summed E-state index contributed by atoms with van der Waals surface area (Å²) in [6.45, 7) is 4.90. The topological polar surface area (TPSA) is 85.9 Å². The Kier molecular flexibility index (Phi) is 6.35. The molecule has 0 unspecified atom stereocenters. The summed E-state index contributed by atoms with van der Waals surface area (Å²) in [4.78, 5) is 17.1. The highest BCUT2D eigenvalue weighted by atomic mass is 16.5. The monoisotopic (exact) mass is 498 g/mol. The number of hydrogen-bond donors (Lipinski definition) is 1. The molecule has 1 amide bonds. The van der Waals surface area contributed by atoms with Gasteiger partial charge in [-0.2, -0.15) is 10.4 Å². The number of benzene rings is 1. The molecule has 3 fully saturated rings. The molecule has 1 N–H and O–H groups in total. The molecule has 1 aliphatic carbocycles. The number of nitrogens with one attached hydrogen (secondary N) is 1. The molecule has 4 heterocycles. The Morgan fingerprint density at radius 1 is 1.14 bits per heavy atom. The number of fused-ring (bicyclic) bond motifs is 1. The summed E-state index contributed by atoms with van der Waals surface area (Å²) in [5.74, 6) is 0.320. The average Bonchev–Trinajstić information content (AvgIpc) is 3.38. The molecule has 0 bridgehead atoms. The Morgan fingerprint density at radius 2 is 1.92 bits per heavy atom. The van der Waals surface area contributed by atoms with Crippen molar-refractivity contribution in [3.05, 3.63) is 54.4 Å². The molecule has 2 aliphatic heterocycles.